The zero-order chi connectivity index (χ0) is 7.98. The molecule has 0 bridgehead atoms. The first-order valence-corrected chi connectivity index (χ1v) is 2.99. The number of rotatable bonds is 3. The molecule has 0 aromatic rings. The maximum atomic E-state index is 10.5. The maximum Gasteiger partial charge on any atom is 0.510 e. The summed E-state index contributed by atoms with van der Waals surface area (Å²) in [5, 5.41) is 0. The van der Waals surface area contributed by atoms with Gasteiger partial charge in [0, 0.05) is 7.11 Å². The van der Waals surface area contributed by atoms with Crippen molar-refractivity contribution in [2.24, 2.45) is 0 Å². The van der Waals surface area contributed by atoms with Crippen LogP contribution < -0.4 is 0 Å². The molecular formula is C7H16O4. The predicted octanol–water partition coefficient (Wildman–Crippen LogP) is 1.79. The molecular weight excluding hydrogens is 148 g/mol. The van der Waals surface area contributed by atoms with Gasteiger partial charge in [0.05, 0.1) is 6.10 Å². The van der Waals surface area contributed by atoms with Crippen molar-refractivity contribution >= 4 is 6.16 Å². The smallest absolute Gasteiger partial charge is 0.432 e. The highest BCUT2D eigenvalue weighted by Gasteiger charge is 2.04. The fourth-order valence-corrected chi connectivity index (χ4v) is 0.334. The predicted molar refractivity (Wildman–Crippen MR) is 41.3 cm³/mol. The molecule has 0 heterocycles. The molecule has 0 aliphatic heterocycles. The van der Waals surface area contributed by atoms with Crippen molar-refractivity contribution in [3.05, 3.63) is 0 Å². The van der Waals surface area contributed by atoms with Gasteiger partial charge >= 0.3 is 6.16 Å². The van der Waals surface area contributed by atoms with Gasteiger partial charge in [-0.05, 0) is 13.8 Å². The van der Waals surface area contributed by atoms with Gasteiger partial charge in [0.1, 0.15) is 0 Å². The molecule has 0 spiro atoms. The molecule has 0 aliphatic carbocycles. The van der Waals surface area contributed by atoms with Gasteiger partial charge < -0.3 is 14.2 Å². The van der Waals surface area contributed by atoms with Crippen LogP contribution in [-0.4, -0.2) is 26.2 Å². The number of hydrogen-bond donors (Lipinski definition) is 0. The topological polar surface area (TPSA) is 44.8 Å². The fourth-order valence-electron chi connectivity index (χ4n) is 0.334. The molecule has 0 aromatic heterocycles. The monoisotopic (exact) mass is 164 g/mol. The summed E-state index contributed by atoms with van der Waals surface area (Å²) >= 11 is 0. The Kier molecular flexibility index (Phi) is 8.58. The van der Waals surface area contributed by atoms with Crippen LogP contribution in [-0.2, 0) is 14.2 Å². The summed E-state index contributed by atoms with van der Waals surface area (Å²) in [4.78, 5) is 10.5. The van der Waals surface area contributed by atoms with Crippen LogP contribution in [0, 0.1) is 0 Å². The molecule has 0 saturated carbocycles. The zero-order valence-electron chi connectivity index (χ0n) is 6.42. The second-order valence-corrected chi connectivity index (χ2v) is 1.97. The number of methoxy groups -OCH3 is 1. The van der Waals surface area contributed by atoms with Crippen LogP contribution in [0.5, 0.6) is 0 Å². The van der Waals surface area contributed by atoms with Crippen LogP contribution in [0.25, 0.3) is 0 Å². The first kappa shape index (κ1) is 12.9. The van der Waals surface area contributed by atoms with Crippen molar-refractivity contribution < 1.29 is 19.0 Å². The number of carbonyl (C=O) groups is 1. The normalized spacial score (nSPS) is 8.73. The summed E-state index contributed by atoms with van der Waals surface area (Å²) in [6, 6.07) is 0. The van der Waals surface area contributed by atoms with Crippen LogP contribution in [0.1, 0.15) is 21.3 Å². The van der Waals surface area contributed by atoms with Gasteiger partial charge in [0.15, 0.2) is 6.79 Å². The molecule has 68 valence electrons. The Balaban J connectivity index is 0. The van der Waals surface area contributed by atoms with E-state index in [4.69, 9.17) is 0 Å². The average Bonchev–Trinajstić information content (AvgIpc) is 1.82. The molecule has 0 atom stereocenters. The highest BCUT2D eigenvalue weighted by atomic mass is 16.8. The first-order chi connectivity index (χ1) is 4.66. The van der Waals surface area contributed by atoms with E-state index in [0.717, 1.165) is 0 Å². The van der Waals surface area contributed by atoms with E-state index in [2.05, 4.69) is 14.2 Å². The summed E-state index contributed by atoms with van der Waals surface area (Å²) < 4.78 is 13.5. The van der Waals surface area contributed by atoms with Crippen molar-refractivity contribution in [3.63, 3.8) is 0 Å². The van der Waals surface area contributed by atoms with Crippen molar-refractivity contribution in [1.82, 2.24) is 0 Å². The summed E-state index contributed by atoms with van der Waals surface area (Å²) in [7, 11) is 1.43. The molecule has 0 unspecified atom stereocenters. The summed E-state index contributed by atoms with van der Waals surface area (Å²) in [6.45, 7) is 3.42. The standard InChI is InChI=1S/C6H12O4.CH4/c1-5(2)10-6(7)9-4-8-3;/h5H,4H2,1-3H3;1H4. The Labute approximate surface area is 67.4 Å². The summed E-state index contributed by atoms with van der Waals surface area (Å²) in [5.41, 5.74) is 0. The molecule has 4 heteroatoms. The third-order valence-electron chi connectivity index (χ3n) is 0.627. The molecule has 0 aromatic carbocycles. The van der Waals surface area contributed by atoms with E-state index in [1.807, 2.05) is 0 Å². The van der Waals surface area contributed by atoms with Gasteiger partial charge in [-0.2, -0.15) is 0 Å². The minimum atomic E-state index is -0.697. The summed E-state index contributed by atoms with van der Waals surface area (Å²) in [5.74, 6) is 0. The molecule has 0 N–H and O–H groups in total. The number of carbonyl (C=O) groups excluding carboxylic acids is 1. The van der Waals surface area contributed by atoms with Crippen molar-refractivity contribution in [3.8, 4) is 0 Å². The van der Waals surface area contributed by atoms with Gasteiger partial charge in [-0.1, -0.05) is 7.43 Å². The van der Waals surface area contributed by atoms with E-state index in [9.17, 15) is 4.79 Å². The van der Waals surface area contributed by atoms with Crippen molar-refractivity contribution in [1.29, 1.82) is 0 Å². The minimum absolute atomic E-state index is 0. The van der Waals surface area contributed by atoms with E-state index in [1.54, 1.807) is 13.8 Å². The van der Waals surface area contributed by atoms with Gasteiger partial charge in [-0.15, -0.1) is 0 Å². The van der Waals surface area contributed by atoms with E-state index in [1.165, 1.54) is 7.11 Å². The lowest BCUT2D eigenvalue weighted by Crippen LogP contribution is -2.14. The Morgan fingerprint density at radius 2 is 2.00 bits per heavy atom. The lowest BCUT2D eigenvalue weighted by atomic mass is 10.5. The van der Waals surface area contributed by atoms with E-state index in [-0.39, 0.29) is 20.3 Å². The Morgan fingerprint density at radius 3 is 2.36 bits per heavy atom. The zero-order valence-corrected chi connectivity index (χ0v) is 6.42. The van der Waals surface area contributed by atoms with Gasteiger partial charge in [0.25, 0.3) is 0 Å². The average molecular weight is 164 g/mol. The van der Waals surface area contributed by atoms with Crippen LogP contribution in [0.15, 0.2) is 0 Å². The summed E-state index contributed by atoms with van der Waals surface area (Å²) in [6.07, 6.45) is -0.846. The molecule has 4 nitrogen and oxygen atoms in total. The number of hydrogen-bond acceptors (Lipinski definition) is 4. The van der Waals surface area contributed by atoms with Gasteiger partial charge in [-0.25, -0.2) is 4.79 Å². The van der Waals surface area contributed by atoms with E-state index in [0.29, 0.717) is 0 Å². The Bertz CT molecular complexity index is 101. The Hall–Kier alpha value is -0.770. The largest absolute Gasteiger partial charge is 0.510 e. The minimum Gasteiger partial charge on any atom is -0.432 e. The highest BCUT2D eigenvalue weighted by molar-refractivity contribution is 5.59. The van der Waals surface area contributed by atoms with Crippen molar-refractivity contribution in [2.45, 2.75) is 27.4 Å². The molecule has 0 amide bonds. The van der Waals surface area contributed by atoms with Crippen LogP contribution in [0.4, 0.5) is 4.79 Å². The lowest BCUT2D eigenvalue weighted by Gasteiger charge is -2.06. The Morgan fingerprint density at radius 1 is 1.45 bits per heavy atom. The highest BCUT2D eigenvalue weighted by Crippen LogP contribution is 1.91. The fraction of sp³-hybridized carbons (Fsp3) is 0.857. The molecule has 0 saturated heterocycles. The van der Waals surface area contributed by atoms with Crippen LogP contribution in [0.2, 0.25) is 0 Å². The molecule has 0 fully saturated rings. The molecule has 0 radical (unpaired) electrons. The molecule has 11 heavy (non-hydrogen) atoms. The second kappa shape index (κ2) is 7.34. The molecule has 0 aliphatic rings. The van der Waals surface area contributed by atoms with Crippen LogP contribution >= 0.6 is 0 Å². The SMILES string of the molecule is C.COCOC(=O)OC(C)C. The third kappa shape index (κ3) is 9.23. The third-order valence-corrected chi connectivity index (χ3v) is 0.627. The second-order valence-electron chi connectivity index (χ2n) is 1.97. The lowest BCUT2D eigenvalue weighted by molar-refractivity contribution is -0.0350. The van der Waals surface area contributed by atoms with Crippen LogP contribution in [0.3, 0.4) is 0 Å². The van der Waals surface area contributed by atoms with Gasteiger partial charge in [-0.3, -0.25) is 0 Å². The molecule has 0 rings (SSSR count). The first-order valence-electron chi connectivity index (χ1n) is 2.99. The van der Waals surface area contributed by atoms with E-state index >= 15 is 0 Å². The maximum absolute atomic E-state index is 10.5. The number of ether oxygens (including phenoxy) is 3. The van der Waals surface area contributed by atoms with Gasteiger partial charge in [0.2, 0.25) is 0 Å². The van der Waals surface area contributed by atoms with E-state index < -0.39 is 6.16 Å². The van der Waals surface area contributed by atoms with Crippen molar-refractivity contribution in [2.75, 3.05) is 13.9 Å². The quantitative estimate of drug-likeness (QED) is 0.471.